The maximum atomic E-state index is 14.3. The van der Waals surface area contributed by atoms with Crippen LogP contribution >= 0.6 is 0 Å². The molecule has 9 heteroatoms. The Kier molecular flexibility index (Phi) is 4.71. The Labute approximate surface area is 164 Å². The second-order valence-corrected chi connectivity index (χ2v) is 6.68. The number of aryl methyl sites for hydroxylation is 1. The summed E-state index contributed by atoms with van der Waals surface area (Å²) < 4.78 is 18.3. The molecule has 1 N–H and O–H groups in total. The van der Waals surface area contributed by atoms with Crippen molar-refractivity contribution in [2.75, 3.05) is 5.32 Å². The third-order valence-corrected chi connectivity index (χ3v) is 4.83. The van der Waals surface area contributed by atoms with Gasteiger partial charge in [0.1, 0.15) is 11.6 Å². The lowest BCUT2D eigenvalue weighted by Crippen LogP contribution is -2.37. The summed E-state index contributed by atoms with van der Waals surface area (Å²) >= 11 is 0. The van der Waals surface area contributed by atoms with Gasteiger partial charge in [0, 0.05) is 32.1 Å². The van der Waals surface area contributed by atoms with Gasteiger partial charge >= 0.3 is 5.69 Å². The molecule has 0 saturated carbocycles. The van der Waals surface area contributed by atoms with Crippen LogP contribution in [0, 0.1) is 5.82 Å². The molecule has 3 aromatic heterocycles. The Morgan fingerprint density at radius 2 is 1.86 bits per heavy atom. The van der Waals surface area contributed by atoms with Gasteiger partial charge < -0.3 is 9.88 Å². The highest BCUT2D eigenvalue weighted by atomic mass is 19.1. The van der Waals surface area contributed by atoms with E-state index in [-0.39, 0.29) is 30.1 Å². The van der Waals surface area contributed by atoms with Crippen molar-refractivity contribution in [3.8, 4) is 0 Å². The van der Waals surface area contributed by atoms with Gasteiger partial charge in [-0.1, -0.05) is 18.2 Å². The molecule has 148 valence electrons. The first-order valence-corrected chi connectivity index (χ1v) is 9.00. The standard InChI is InChI=1S/C20H19FN6O2/c1-25-18-17(19(28)26(2)20(25)29)27(12-13-6-3-4-8-15(13)21)16(24-18)11-23-14-7-5-9-22-10-14/h3-10,23H,11-12H2,1-2H3. The number of imidazole rings is 1. The molecular formula is C20H19FN6O2. The Balaban J connectivity index is 1.88. The quantitative estimate of drug-likeness (QED) is 0.556. The molecule has 1 aromatic carbocycles. The van der Waals surface area contributed by atoms with E-state index in [1.54, 1.807) is 48.3 Å². The Morgan fingerprint density at radius 3 is 2.59 bits per heavy atom. The molecule has 0 aliphatic rings. The molecule has 8 nitrogen and oxygen atoms in total. The van der Waals surface area contributed by atoms with Crippen molar-refractivity contribution in [3.05, 3.63) is 86.8 Å². The Morgan fingerprint density at radius 1 is 1.07 bits per heavy atom. The van der Waals surface area contributed by atoms with E-state index in [9.17, 15) is 14.0 Å². The smallest absolute Gasteiger partial charge is 0.332 e. The van der Waals surface area contributed by atoms with Gasteiger partial charge in [-0.3, -0.25) is 18.9 Å². The highest BCUT2D eigenvalue weighted by molar-refractivity contribution is 5.71. The van der Waals surface area contributed by atoms with Crippen LogP contribution in [0.4, 0.5) is 10.1 Å². The molecule has 0 amide bonds. The van der Waals surface area contributed by atoms with Crippen molar-refractivity contribution >= 4 is 16.9 Å². The van der Waals surface area contributed by atoms with E-state index in [2.05, 4.69) is 15.3 Å². The van der Waals surface area contributed by atoms with E-state index in [1.807, 2.05) is 6.07 Å². The number of nitrogens with one attached hydrogen (secondary N) is 1. The highest BCUT2D eigenvalue weighted by Gasteiger charge is 2.20. The van der Waals surface area contributed by atoms with Crippen LogP contribution in [0.5, 0.6) is 0 Å². The number of hydrogen-bond donors (Lipinski definition) is 1. The monoisotopic (exact) mass is 394 g/mol. The summed E-state index contributed by atoms with van der Waals surface area (Å²) in [6.45, 7) is 0.382. The molecule has 4 aromatic rings. The summed E-state index contributed by atoms with van der Waals surface area (Å²) in [5.74, 6) is 0.132. The normalized spacial score (nSPS) is 11.1. The molecule has 0 aliphatic carbocycles. The zero-order valence-corrected chi connectivity index (χ0v) is 16.0. The van der Waals surface area contributed by atoms with E-state index in [0.717, 1.165) is 10.3 Å². The maximum absolute atomic E-state index is 14.3. The second-order valence-electron chi connectivity index (χ2n) is 6.68. The Bertz CT molecular complexity index is 1310. The summed E-state index contributed by atoms with van der Waals surface area (Å²) in [7, 11) is 2.97. The minimum absolute atomic E-state index is 0.112. The number of pyridine rings is 1. The fourth-order valence-corrected chi connectivity index (χ4v) is 3.24. The SMILES string of the molecule is Cn1c(=O)c2c(nc(CNc3cccnc3)n2Cc2ccccc2F)n(C)c1=O. The molecule has 0 spiro atoms. The third kappa shape index (κ3) is 3.31. The molecule has 29 heavy (non-hydrogen) atoms. The number of fused-ring (bicyclic) bond motifs is 1. The van der Waals surface area contributed by atoms with Crippen LogP contribution in [-0.4, -0.2) is 23.7 Å². The van der Waals surface area contributed by atoms with Crippen molar-refractivity contribution in [3.63, 3.8) is 0 Å². The molecule has 0 saturated heterocycles. The highest BCUT2D eigenvalue weighted by Crippen LogP contribution is 2.17. The fourth-order valence-electron chi connectivity index (χ4n) is 3.24. The molecule has 0 unspecified atom stereocenters. The van der Waals surface area contributed by atoms with Crippen LogP contribution in [0.2, 0.25) is 0 Å². The summed E-state index contributed by atoms with van der Waals surface area (Å²) in [5.41, 5.74) is 0.770. The molecule has 4 rings (SSSR count). The lowest BCUT2D eigenvalue weighted by molar-refractivity contribution is 0.597. The predicted molar refractivity (Wildman–Crippen MR) is 107 cm³/mol. The van der Waals surface area contributed by atoms with Crippen LogP contribution < -0.4 is 16.6 Å². The number of halogens is 1. The topological polar surface area (TPSA) is 86.7 Å². The van der Waals surface area contributed by atoms with Crippen LogP contribution in [0.15, 0.2) is 58.4 Å². The zero-order chi connectivity index (χ0) is 20.5. The third-order valence-electron chi connectivity index (χ3n) is 4.83. The molecule has 0 fully saturated rings. The van der Waals surface area contributed by atoms with E-state index in [0.29, 0.717) is 11.4 Å². The number of benzene rings is 1. The van der Waals surface area contributed by atoms with Crippen molar-refractivity contribution < 1.29 is 4.39 Å². The molecular weight excluding hydrogens is 375 g/mol. The van der Waals surface area contributed by atoms with Gasteiger partial charge in [0.05, 0.1) is 18.8 Å². The van der Waals surface area contributed by atoms with Gasteiger partial charge in [-0.15, -0.1) is 0 Å². The first-order valence-electron chi connectivity index (χ1n) is 9.00. The van der Waals surface area contributed by atoms with Gasteiger partial charge in [-0.05, 0) is 18.2 Å². The van der Waals surface area contributed by atoms with Gasteiger partial charge in [0.2, 0.25) is 0 Å². The van der Waals surface area contributed by atoms with Crippen LogP contribution in [0.3, 0.4) is 0 Å². The summed E-state index contributed by atoms with van der Waals surface area (Å²) in [6.07, 6.45) is 3.33. The fraction of sp³-hybridized carbons (Fsp3) is 0.200. The number of aromatic nitrogens is 5. The average Bonchev–Trinajstić information content (AvgIpc) is 3.10. The number of anilines is 1. The van der Waals surface area contributed by atoms with E-state index < -0.39 is 11.2 Å². The maximum Gasteiger partial charge on any atom is 0.332 e. The molecule has 0 atom stereocenters. The average molecular weight is 394 g/mol. The van der Waals surface area contributed by atoms with Gasteiger partial charge in [-0.2, -0.15) is 0 Å². The van der Waals surface area contributed by atoms with Crippen LogP contribution in [-0.2, 0) is 27.2 Å². The molecule has 3 heterocycles. The molecule has 0 aliphatic heterocycles. The zero-order valence-electron chi connectivity index (χ0n) is 16.0. The van der Waals surface area contributed by atoms with Gasteiger partial charge in [-0.25, -0.2) is 14.2 Å². The largest absolute Gasteiger partial charge is 0.377 e. The number of rotatable bonds is 5. The second kappa shape index (κ2) is 7.34. The van der Waals surface area contributed by atoms with Gasteiger partial charge in [0.25, 0.3) is 5.56 Å². The minimum Gasteiger partial charge on any atom is -0.377 e. The van der Waals surface area contributed by atoms with E-state index in [1.165, 1.54) is 17.7 Å². The lowest BCUT2D eigenvalue weighted by atomic mass is 10.2. The summed E-state index contributed by atoms with van der Waals surface area (Å²) in [4.78, 5) is 33.7. The lowest BCUT2D eigenvalue weighted by Gasteiger charge is -2.11. The van der Waals surface area contributed by atoms with E-state index in [4.69, 9.17) is 0 Å². The van der Waals surface area contributed by atoms with Crippen LogP contribution in [0.1, 0.15) is 11.4 Å². The summed E-state index contributed by atoms with van der Waals surface area (Å²) in [5, 5.41) is 3.20. The minimum atomic E-state index is -0.473. The van der Waals surface area contributed by atoms with Crippen LogP contribution in [0.25, 0.3) is 11.2 Å². The van der Waals surface area contributed by atoms with Crippen molar-refractivity contribution in [1.29, 1.82) is 0 Å². The molecule has 0 radical (unpaired) electrons. The number of nitrogens with zero attached hydrogens (tertiary/aromatic N) is 5. The first-order chi connectivity index (χ1) is 14.0. The van der Waals surface area contributed by atoms with Crippen molar-refractivity contribution in [2.45, 2.75) is 13.1 Å². The summed E-state index contributed by atoms with van der Waals surface area (Å²) in [6, 6.07) is 10.0. The van der Waals surface area contributed by atoms with E-state index >= 15 is 0 Å². The van der Waals surface area contributed by atoms with Crippen molar-refractivity contribution in [1.82, 2.24) is 23.7 Å². The Hall–Kier alpha value is -3.75. The molecule has 0 bridgehead atoms. The predicted octanol–water partition coefficient (Wildman–Crippen LogP) is 1.63. The van der Waals surface area contributed by atoms with Crippen molar-refractivity contribution in [2.24, 2.45) is 14.1 Å². The van der Waals surface area contributed by atoms with Gasteiger partial charge in [0.15, 0.2) is 11.2 Å². The first kappa shape index (κ1) is 18.6. The number of hydrogen-bond acceptors (Lipinski definition) is 5.